The highest BCUT2D eigenvalue weighted by molar-refractivity contribution is 7.99. The maximum Gasteiger partial charge on any atom is 0.197 e. The predicted octanol–water partition coefficient (Wildman–Crippen LogP) is 1.74. The van der Waals surface area contributed by atoms with Crippen LogP contribution in [0.5, 0.6) is 0 Å². The molecular weight excluding hydrogens is 260 g/mol. The largest absolute Gasteiger partial charge is 0.383 e. The Balaban J connectivity index is 2.05. The van der Waals surface area contributed by atoms with Crippen molar-refractivity contribution in [3.05, 3.63) is 36.7 Å². The molecule has 4 N–H and O–H groups in total. The molecule has 0 unspecified atom stereocenters. The zero-order chi connectivity index (χ0) is 13.2. The van der Waals surface area contributed by atoms with Crippen LogP contribution < -0.4 is 11.5 Å². The summed E-state index contributed by atoms with van der Waals surface area (Å²) in [7, 11) is 0. The van der Waals surface area contributed by atoms with Crippen molar-refractivity contribution in [2.24, 2.45) is 0 Å². The van der Waals surface area contributed by atoms with Gasteiger partial charge in [0.15, 0.2) is 5.16 Å². The quantitative estimate of drug-likeness (QED) is 0.540. The average Bonchev–Trinajstić information content (AvgIpc) is 2.38. The Bertz CT molecular complexity index is 720. The van der Waals surface area contributed by atoms with Crippen LogP contribution in [0.1, 0.15) is 0 Å². The molecule has 0 aliphatic carbocycles. The lowest BCUT2D eigenvalue weighted by Gasteiger charge is -2.04. The Morgan fingerprint density at radius 2 is 1.68 bits per heavy atom. The van der Waals surface area contributed by atoms with Crippen LogP contribution in [0.15, 0.2) is 46.8 Å². The number of anilines is 2. The van der Waals surface area contributed by atoms with E-state index in [1.165, 1.54) is 24.2 Å². The first-order valence-electron chi connectivity index (χ1n) is 5.50. The van der Waals surface area contributed by atoms with Gasteiger partial charge in [0.05, 0.1) is 5.52 Å². The number of nitrogen functional groups attached to an aromatic ring is 2. The van der Waals surface area contributed by atoms with Crippen molar-refractivity contribution >= 4 is 34.3 Å². The monoisotopic (exact) mass is 270 g/mol. The molecule has 6 nitrogen and oxygen atoms in total. The lowest BCUT2D eigenvalue weighted by atomic mass is 10.2. The van der Waals surface area contributed by atoms with Gasteiger partial charge in [-0.2, -0.15) is 0 Å². The maximum absolute atomic E-state index is 5.65. The van der Waals surface area contributed by atoms with Crippen LogP contribution in [0.4, 0.5) is 11.6 Å². The van der Waals surface area contributed by atoms with Gasteiger partial charge in [0.25, 0.3) is 0 Å². The van der Waals surface area contributed by atoms with Gasteiger partial charge in [-0.3, -0.25) is 0 Å². The first-order valence-corrected chi connectivity index (χ1v) is 6.31. The third-order valence-electron chi connectivity index (χ3n) is 2.44. The van der Waals surface area contributed by atoms with E-state index in [1.807, 2.05) is 24.3 Å². The lowest BCUT2D eigenvalue weighted by molar-refractivity contribution is 0.977. The molecule has 2 aromatic heterocycles. The fourth-order valence-corrected chi connectivity index (χ4v) is 2.51. The van der Waals surface area contributed by atoms with Gasteiger partial charge in [0, 0.05) is 11.5 Å². The Labute approximate surface area is 113 Å². The molecule has 0 atom stereocenters. The maximum atomic E-state index is 5.65. The second kappa shape index (κ2) is 4.69. The molecule has 19 heavy (non-hydrogen) atoms. The summed E-state index contributed by atoms with van der Waals surface area (Å²) in [5, 5.41) is 2.19. The van der Waals surface area contributed by atoms with Crippen LogP contribution in [-0.2, 0) is 0 Å². The van der Waals surface area contributed by atoms with Gasteiger partial charge in [-0.1, -0.05) is 18.2 Å². The summed E-state index contributed by atoms with van der Waals surface area (Å²) >= 11 is 1.31. The highest BCUT2D eigenvalue weighted by Crippen LogP contribution is 2.29. The van der Waals surface area contributed by atoms with Gasteiger partial charge in [-0.15, -0.1) is 0 Å². The first kappa shape index (κ1) is 11.7. The van der Waals surface area contributed by atoms with E-state index >= 15 is 0 Å². The number of fused-ring (bicyclic) bond motifs is 1. The van der Waals surface area contributed by atoms with Gasteiger partial charge >= 0.3 is 0 Å². The third-order valence-corrected chi connectivity index (χ3v) is 3.32. The molecule has 0 bridgehead atoms. The molecule has 0 spiro atoms. The van der Waals surface area contributed by atoms with E-state index in [4.69, 9.17) is 11.5 Å². The molecule has 0 amide bonds. The fourth-order valence-electron chi connectivity index (χ4n) is 1.66. The van der Waals surface area contributed by atoms with Crippen LogP contribution in [-0.4, -0.2) is 19.9 Å². The Kier molecular flexibility index (Phi) is 2.88. The summed E-state index contributed by atoms with van der Waals surface area (Å²) in [5.41, 5.74) is 12.2. The number of hydrogen-bond donors (Lipinski definition) is 2. The predicted molar refractivity (Wildman–Crippen MR) is 74.5 cm³/mol. The molecule has 0 aliphatic heterocycles. The molecule has 3 rings (SSSR count). The van der Waals surface area contributed by atoms with Crippen molar-refractivity contribution < 1.29 is 0 Å². The summed E-state index contributed by atoms with van der Waals surface area (Å²) in [6.07, 6.45) is 1.51. The van der Waals surface area contributed by atoms with Crippen LogP contribution in [0.2, 0.25) is 0 Å². The molecule has 94 valence electrons. The van der Waals surface area contributed by atoms with Crippen LogP contribution >= 0.6 is 11.8 Å². The third kappa shape index (κ3) is 2.41. The first-order chi connectivity index (χ1) is 9.22. The van der Waals surface area contributed by atoms with Gasteiger partial charge < -0.3 is 11.5 Å². The van der Waals surface area contributed by atoms with E-state index in [0.717, 1.165) is 15.9 Å². The summed E-state index contributed by atoms with van der Waals surface area (Å²) in [6, 6.07) is 9.26. The highest BCUT2D eigenvalue weighted by atomic mass is 32.2. The van der Waals surface area contributed by atoms with Crippen molar-refractivity contribution in [2.45, 2.75) is 10.2 Å². The molecule has 0 saturated heterocycles. The minimum absolute atomic E-state index is 0.341. The number of hydrogen-bond acceptors (Lipinski definition) is 7. The summed E-state index contributed by atoms with van der Waals surface area (Å²) in [6.45, 7) is 0. The van der Waals surface area contributed by atoms with Gasteiger partial charge in [-0.05, 0) is 17.8 Å². The lowest BCUT2D eigenvalue weighted by Crippen LogP contribution is -1.99. The van der Waals surface area contributed by atoms with Crippen molar-refractivity contribution in [1.82, 2.24) is 19.9 Å². The van der Waals surface area contributed by atoms with Gasteiger partial charge in [0.1, 0.15) is 23.0 Å². The smallest absolute Gasteiger partial charge is 0.197 e. The van der Waals surface area contributed by atoms with Crippen molar-refractivity contribution in [3.63, 3.8) is 0 Å². The molecule has 7 heteroatoms. The summed E-state index contributed by atoms with van der Waals surface area (Å²) < 4.78 is 0. The van der Waals surface area contributed by atoms with E-state index in [0.29, 0.717) is 16.8 Å². The second-order valence-electron chi connectivity index (χ2n) is 3.80. The number of aromatic nitrogens is 4. The average molecular weight is 270 g/mol. The Hall–Kier alpha value is -2.41. The highest BCUT2D eigenvalue weighted by Gasteiger charge is 2.08. The zero-order valence-electron chi connectivity index (χ0n) is 9.82. The summed E-state index contributed by atoms with van der Waals surface area (Å²) in [4.78, 5) is 16.7. The van der Waals surface area contributed by atoms with E-state index in [1.54, 1.807) is 0 Å². The second-order valence-corrected chi connectivity index (χ2v) is 4.75. The molecule has 0 aliphatic rings. The van der Waals surface area contributed by atoms with E-state index in [9.17, 15) is 0 Å². The molecule has 3 aromatic rings. The minimum atomic E-state index is 0.341. The van der Waals surface area contributed by atoms with Gasteiger partial charge in [-0.25, -0.2) is 19.9 Å². The number of nitrogens with two attached hydrogens (primary N) is 2. The van der Waals surface area contributed by atoms with Crippen molar-refractivity contribution in [1.29, 1.82) is 0 Å². The van der Waals surface area contributed by atoms with E-state index < -0.39 is 0 Å². The Morgan fingerprint density at radius 3 is 2.47 bits per heavy atom. The normalized spacial score (nSPS) is 10.7. The van der Waals surface area contributed by atoms with E-state index in [2.05, 4.69) is 19.9 Å². The number of para-hydroxylation sites is 1. The van der Waals surface area contributed by atoms with E-state index in [-0.39, 0.29) is 0 Å². The topological polar surface area (TPSA) is 104 Å². The molecule has 2 heterocycles. The fraction of sp³-hybridized carbons (Fsp3) is 0. The number of rotatable bonds is 2. The minimum Gasteiger partial charge on any atom is -0.383 e. The van der Waals surface area contributed by atoms with Crippen LogP contribution in [0.3, 0.4) is 0 Å². The van der Waals surface area contributed by atoms with Crippen molar-refractivity contribution in [2.75, 3.05) is 11.5 Å². The standard InChI is InChI=1S/C12H10N6S/c13-9-5-10(14)18-12(17-9)19-11-7-3-1-2-4-8(7)15-6-16-11/h1-6H,(H4,13,14,17,18). The van der Waals surface area contributed by atoms with Crippen LogP contribution in [0.25, 0.3) is 10.9 Å². The molecule has 0 saturated carbocycles. The molecule has 0 radical (unpaired) electrons. The SMILES string of the molecule is Nc1cc(N)nc(Sc2ncnc3ccccc23)n1. The number of benzene rings is 1. The molecule has 0 fully saturated rings. The molecular formula is C12H10N6S. The van der Waals surface area contributed by atoms with Crippen molar-refractivity contribution in [3.8, 4) is 0 Å². The molecule has 1 aromatic carbocycles. The summed E-state index contributed by atoms with van der Waals surface area (Å²) in [5.74, 6) is 0.682. The Morgan fingerprint density at radius 1 is 0.947 bits per heavy atom. The number of nitrogens with zero attached hydrogens (tertiary/aromatic N) is 4. The van der Waals surface area contributed by atoms with Crippen LogP contribution in [0, 0.1) is 0 Å². The van der Waals surface area contributed by atoms with Gasteiger partial charge in [0.2, 0.25) is 0 Å². The zero-order valence-corrected chi connectivity index (χ0v) is 10.6.